The van der Waals surface area contributed by atoms with Gasteiger partial charge in [0.05, 0.1) is 12.0 Å². The molecular weight excluding hydrogens is 399 g/mol. The number of benzene rings is 2. The van der Waals surface area contributed by atoms with E-state index in [2.05, 4.69) is 12.2 Å². The fourth-order valence-electron chi connectivity index (χ4n) is 3.68. The van der Waals surface area contributed by atoms with Crippen molar-refractivity contribution in [3.8, 4) is 5.75 Å². The van der Waals surface area contributed by atoms with E-state index in [1.807, 2.05) is 42.2 Å². The molecule has 1 amide bonds. The van der Waals surface area contributed by atoms with Crippen molar-refractivity contribution in [2.24, 2.45) is 5.41 Å². The molecule has 1 atom stereocenters. The first-order valence-electron chi connectivity index (χ1n) is 10.4. The number of nitrogens with zero attached hydrogens (tertiary/aromatic N) is 1. The molecule has 4 rings (SSSR count). The van der Waals surface area contributed by atoms with Crippen molar-refractivity contribution < 1.29 is 13.9 Å². The topological polar surface area (TPSA) is 41.6 Å². The Morgan fingerprint density at radius 1 is 1.20 bits per heavy atom. The van der Waals surface area contributed by atoms with Gasteiger partial charge in [-0.3, -0.25) is 4.79 Å². The van der Waals surface area contributed by atoms with E-state index in [1.165, 1.54) is 12.1 Å². The molecule has 0 aromatic heterocycles. The Morgan fingerprint density at radius 2 is 1.90 bits per heavy atom. The highest BCUT2D eigenvalue weighted by molar-refractivity contribution is 8.09. The maximum Gasteiger partial charge on any atom is 0.271 e. The molecule has 1 aliphatic carbocycles. The van der Waals surface area contributed by atoms with E-state index < -0.39 is 0 Å². The molecule has 1 fully saturated rings. The van der Waals surface area contributed by atoms with Gasteiger partial charge in [-0.05, 0) is 56.5 Å². The van der Waals surface area contributed by atoms with Crippen molar-refractivity contribution in [1.82, 2.24) is 10.2 Å². The Kier molecular flexibility index (Phi) is 6.04. The number of rotatable bonds is 8. The number of halogens is 1. The lowest BCUT2D eigenvalue weighted by molar-refractivity contribution is -0.128. The van der Waals surface area contributed by atoms with Crippen LogP contribution in [0.1, 0.15) is 32.3 Å². The highest BCUT2D eigenvalue weighted by Gasteiger charge is 2.46. The van der Waals surface area contributed by atoms with Gasteiger partial charge in [-0.15, -0.1) is 0 Å². The minimum Gasteiger partial charge on any atom is -0.493 e. The molecule has 2 aromatic rings. The van der Waals surface area contributed by atoms with E-state index in [0.717, 1.165) is 23.3 Å². The van der Waals surface area contributed by atoms with E-state index in [9.17, 15) is 9.18 Å². The number of amides is 1. The molecular formula is C24H27FN2O2S. The van der Waals surface area contributed by atoms with Gasteiger partial charge in [0.25, 0.3) is 5.91 Å². The molecule has 2 aromatic carbocycles. The average Bonchev–Trinajstić information content (AvgIpc) is 3.43. The van der Waals surface area contributed by atoms with Gasteiger partial charge in [-0.25, -0.2) is 4.39 Å². The monoisotopic (exact) mass is 426 g/mol. The lowest BCUT2D eigenvalue weighted by Crippen LogP contribution is -2.41. The maximum atomic E-state index is 13.4. The van der Waals surface area contributed by atoms with Crippen molar-refractivity contribution in [2.75, 3.05) is 19.7 Å². The van der Waals surface area contributed by atoms with E-state index in [4.69, 9.17) is 4.74 Å². The SMILES string of the molecule is CCN(CC1(COc2ccc(F)cc2)CC1)C(=O)C1=C(c2ccccc2)SC(C)N1. The van der Waals surface area contributed by atoms with Crippen molar-refractivity contribution in [3.05, 3.63) is 71.7 Å². The van der Waals surface area contributed by atoms with Gasteiger partial charge in [-0.1, -0.05) is 42.1 Å². The number of carbonyl (C=O) groups excluding carboxylic acids is 1. The Labute approximate surface area is 181 Å². The molecule has 0 radical (unpaired) electrons. The van der Waals surface area contributed by atoms with Gasteiger partial charge < -0.3 is 15.0 Å². The molecule has 158 valence electrons. The van der Waals surface area contributed by atoms with Crippen LogP contribution in [-0.4, -0.2) is 35.9 Å². The third-order valence-electron chi connectivity index (χ3n) is 5.63. The quantitative estimate of drug-likeness (QED) is 0.653. The molecule has 2 aliphatic rings. The average molecular weight is 427 g/mol. The summed E-state index contributed by atoms with van der Waals surface area (Å²) in [7, 11) is 0. The van der Waals surface area contributed by atoms with Crippen LogP contribution >= 0.6 is 11.8 Å². The minimum atomic E-state index is -0.273. The summed E-state index contributed by atoms with van der Waals surface area (Å²) in [5.74, 6) is 0.431. The number of likely N-dealkylation sites (N-methyl/N-ethyl adjacent to an activating group) is 1. The predicted molar refractivity (Wildman–Crippen MR) is 119 cm³/mol. The summed E-state index contributed by atoms with van der Waals surface area (Å²) in [6, 6.07) is 16.2. The predicted octanol–water partition coefficient (Wildman–Crippen LogP) is 4.88. The molecule has 0 bridgehead atoms. The van der Waals surface area contributed by atoms with Gasteiger partial charge in [-0.2, -0.15) is 0 Å². The van der Waals surface area contributed by atoms with Crippen molar-refractivity contribution >= 4 is 22.6 Å². The first kappa shape index (κ1) is 20.8. The molecule has 4 nitrogen and oxygen atoms in total. The minimum absolute atomic E-state index is 0.0229. The fourth-order valence-corrected chi connectivity index (χ4v) is 4.74. The second-order valence-corrected chi connectivity index (χ2v) is 9.39. The van der Waals surface area contributed by atoms with Gasteiger partial charge in [0.1, 0.15) is 17.3 Å². The number of carbonyl (C=O) groups is 1. The number of nitrogens with one attached hydrogen (secondary N) is 1. The number of hydrogen-bond donors (Lipinski definition) is 1. The lowest BCUT2D eigenvalue weighted by atomic mass is 10.1. The summed E-state index contributed by atoms with van der Waals surface area (Å²) in [5, 5.41) is 3.53. The zero-order chi connectivity index (χ0) is 21.1. The summed E-state index contributed by atoms with van der Waals surface area (Å²) in [5.41, 5.74) is 1.74. The second kappa shape index (κ2) is 8.72. The van der Waals surface area contributed by atoms with Crippen LogP contribution in [0.5, 0.6) is 5.75 Å². The van der Waals surface area contributed by atoms with Gasteiger partial charge in [0.15, 0.2) is 0 Å². The molecule has 1 unspecified atom stereocenters. The highest BCUT2D eigenvalue weighted by atomic mass is 32.2. The number of thioether (sulfide) groups is 1. The van der Waals surface area contributed by atoms with Crippen LogP contribution in [0.25, 0.3) is 4.91 Å². The normalized spacial score (nSPS) is 19.4. The molecule has 0 saturated heterocycles. The Morgan fingerprint density at radius 3 is 2.53 bits per heavy atom. The van der Waals surface area contributed by atoms with Gasteiger partial charge >= 0.3 is 0 Å². The van der Waals surface area contributed by atoms with Crippen molar-refractivity contribution in [1.29, 1.82) is 0 Å². The molecule has 30 heavy (non-hydrogen) atoms. The van der Waals surface area contributed by atoms with Crippen LogP contribution in [0.2, 0.25) is 0 Å². The lowest BCUT2D eigenvalue weighted by Gasteiger charge is -2.27. The zero-order valence-corrected chi connectivity index (χ0v) is 18.2. The Hall–Kier alpha value is -2.47. The zero-order valence-electron chi connectivity index (χ0n) is 17.4. The smallest absolute Gasteiger partial charge is 0.271 e. The van der Waals surface area contributed by atoms with E-state index in [0.29, 0.717) is 31.1 Å². The number of ether oxygens (including phenoxy) is 1. The summed E-state index contributed by atoms with van der Waals surface area (Å²) in [4.78, 5) is 16.4. The van der Waals surface area contributed by atoms with Crippen LogP contribution in [0.3, 0.4) is 0 Å². The maximum absolute atomic E-state index is 13.4. The third-order valence-corrected chi connectivity index (χ3v) is 6.78. The first-order valence-corrected chi connectivity index (χ1v) is 11.3. The van der Waals surface area contributed by atoms with Crippen LogP contribution in [0, 0.1) is 11.2 Å². The molecule has 1 N–H and O–H groups in total. The van der Waals surface area contributed by atoms with E-state index >= 15 is 0 Å². The van der Waals surface area contributed by atoms with E-state index in [1.54, 1.807) is 23.9 Å². The summed E-state index contributed by atoms with van der Waals surface area (Å²) in [6.07, 6.45) is 2.06. The Balaban J connectivity index is 1.46. The van der Waals surface area contributed by atoms with E-state index in [-0.39, 0.29) is 22.5 Å². The fraction of sp³-hybridized carbons (Fsp3) is 0.375. The first-order chi connectivity index (χ1) is 14.5. The summed E-state index contributed by atoms with van der Waals surface area (Å²) >= 11 is 1.69. The van der Waals surface area contributed by atoms with Crippen LogP contribution in [0.4, 0.5) is 4.39 Å². The van der Waals surface area contributed by atoms with Crippen molar-refractivity contribution in [3.63, 3.8) is 0 Å². The molecule has 1 heterocycles. The third kappa shape index (κ3) is 4.64. The summed E-state index contributed by atoms with van der Waals surface area (Å²) < 4.78 is 19.0. The van der Waals surface area contributed by atoms with Crippen LogP contribution < -0.4 is 10.1 Å². The molecule has 1 aliphatic heterocycles. The van der Waals surface area contributed by atoms with Gasteiger partial charge in [0, 0.05) is 23.4 Å². The summed E-state index contributed by atoms with van der Waals surface area (Å²) in [6.45, 7) is 5.93. The van der Waals surface area contributed by atoms with Crippen LogP contribution in [-0.2, 0) is 4.79 Å². The molecule has 6 heteroatoms. The molecule has 1 saturated carbocycles. The van der Waals surface area contributed by atoms with Crippen LogP contribution in [0.15, 0.2) is 60.3 Å². The number of hydrogen-bond acceptors (Lipinski definition) is 4. The highest BCUT2D eigenvalue weighted by Crippen LogP contribution is 2.47. The largest absolute Gasteiger partial charge is 0.493 e. The van der Waals surface area contributed by atoms with Gasteiger partial charge in [0.2, 0.25) is 0 Å². The second-order valence-electron chi connectivity index (χ2n) is 8.04. The standard InChI is InChI=1S/C24H27FN2O2S/c1-3-27(15-24(13-14-24)16-29-20-11-9-19(25)10-12-20)23(28)21-22(30-17(2)26-21)18-7-5-4-6-8-18/h4-12,17,26H,3,13-16H2,1-2H3. The molecule has 0 spiro atoms. The van der Waals surface area contributed by atoms with Crippen molar-refractivity contribution in [2.45, 2.75) is 32.1 Å². The Bertz CT molecular complexity index is 926.